The van der Waals surface area contributed by atoms with Crippen LogP contribution in [0.2, 0.25) is 5.02 Å². The van der Waals surface area contributed by atoms with Crippen LogP contribution >= 0.6 is 11.6 Å². The van der Waals surface area contributed by atoms with E-state index in [1.54, 1.807) is 7.11 Å². The van der Waals surface area contributed by atoms with E-state index in [1.165, 1.54) is 0 Å². The molecule has 0 spiro atoms. The van der Waals surface area contributed by atoms with Crippen LogP contribution in [0.5, 0.6) is 5.75 Å². The highest BCUT2D eigenvalue weighted by Crippen LogP contribution is 2.29. The van der Waals surface area contributed by atoms with Gasteiger partial charge in [0.2, 0.25) is 0 Å². The van der Waals surface area contributed by atoms with Crippen LogP contribution in [0, 0.1) is 0 Å². The Kier molecular flexibility index (Phi) is 6.50. The average Bonchev–Trinajstić information content (AvgIpc) is 2.61. The van der Waals surface area contributed by atoms with Crippen LogP contribution in [0.1, 0.15) is 30.5 Å². The highest BCUT2D eigenvalue weighted by atomic mass is 35.5. The van der Waals surface area contributed by atoms with E-state index in [4.69, 9.17) is 16.3 Å². The molecule has 2 aromatic rings. The van der Waals surface area contributed by atoms with Gasteiger partial charge in [0.05, 0.1) is 12.8 Å². The Morgan fingerprint density at radius 3 is 2.38 bits per heavy atom. The van der Waals surface area contributed by atoms with Crippen molar-refractivity contribution in [1.29, 1.82) is 0 Å². The van der Waals surface area contributed by atoms with Crippen molar-refractivity contribution < 1.29 is 9.53 Å². The Morgan fingerprint density at radius 2 is 1.79 bits per heavy atom. The van der Waals surface area contributed by atoms with E-state index in [1.807, 2.05) is 43.3 Å². The van der Waals surface area contributed by atoms with Crippen LogP contribution in [-0.4, -0.2) is 13.1 Å². The van der Waals surface area contributed by atoms with Gasteiger partial charge in [-0.25, -0.2) is 4.79 Å². The Hall–Kier alpha value is -2.20. The fourth-order valence-corrected chi connectivity index (χ4v) is 2.84. The zero-order valence-corrected chi connectivity index (χ0v) is 15.0. The quantitative estimate of drug-likeness (QED) is 0.789. The summed E-state index contributed by atoms with van der Waals surface area (Å²) in [6, 6.07) is 11.2. The third-order valence-electron chi connectivity index (χ3n) is 3.93. The number of benzene rings is 2. The van der Waals surface area contributed by atoms with E-state index in [0.29, 0.717) is 11.6 Å². The number of methoxy groups -OCH3 is 1. The van der Waals surface area contributed by atoms with Crippen molar-refractivity contribution in [2.75, 3.05) is 12.4 Å². The first-order chi connectivity index (χ1) is 11.6. The number of nitrogens with one attached hydrogen (secondary N) is 2. The Labute approximate surface area is 148 Å². The van der Waals surface area contributed by atoms with Crippen molar-refractivity contribution in [3.63, 3.8) is 0 Å². The number of anilines is 1. The molecule has 2 N–H and O–H groups in total. The van der Waals surface area contributed by atoms with Gasteiger partial charge in [-0.05, 0) is 47.7 Å². The third kappa shape index (κ3) is 4.42. The molecule has 0 unspecified atom stereocenters. The lowest BCUT2D eigenvalue weighted by Gasteiger charge is -2.16. The maximum Gasteiger partial charge on any atom is 0.319 e. The van der Waals surface area contributed by atoms with E-state index in [-0.39, 0.29) is 6.03 Å². The zero-order chi connectivity index (χ0) is 17.5. The SMILES string of the molecule is CCc1ccc(Cl)c(CC)c1NC(=O)NCc1ccc(OC)cc1. The number of halogens is 1. The maximum absolute atomic E-state index is 12.3. The minimum Gasteiger partial charge on any atom is -0.497 e. The molecule has 0 atom stereocenters. The van der Waals surface area contributed by atoms with Gasteiger partial charge in [-0.1, -0.05) is 43.6 Å². The van der Waals surface area contributed by atoms with Gasteiger partial charge in [0.15, 0.2) is 0 Å². The molecular weight excluding hydrogens is 324 g/mol. The predicted octanol–water partition coefficient (Wildman–Crippen LogP) is 4.80. The van der Waals surface area contributed by atoms with E-state index in [0.717, 1.165) is 41.0 Å². The molecule has 0 radical (unpaired) electrons. The smallest absolute Gasteiger partial charge is 0.319 e. The molecule has 24 heavy (non-hydrogen) atoms. The molecule has 5 heteroatoms. The fraction of sp³-hybridized carbons (Fsp3) is 0.316. The predicted molar refractivity (Wildman–Crippen MR) is 99.1 cm³/mol. The molecule has 0 fully saturated rings. The van der Waals surface area contributed by atoms with Crippen LogP contribution < -0.4 is 15.4 Å². The summed E-state index contributed by atoms with van der Waals surface area (Å²) < 4.78 is 5.12. The topological polar surface area (TPSA) is 50.4 Å². The number of urea groups is 1. The molecular formula is C19H23ClN2O2. The highest BCUT2D eigenvalue weighted by Gasteiger charge is 2.13. The lowest BCUT2D eigenvalue weighted by molar-refractivity contribution is 0.251. The molecule has 2 amide bonds. The maximum atomic E-state index is 12.3. The van der Waals surface area contributed by atoms with Gasteiger partial charge in [-0.3, -0.25) is 0 Å². The molecule has 0 aliphatic rings. The summed E-state index contributed by atoms with van der Waals surface area (Å²) >= 11 is 6.26. The van der Waals surface area contributed by atoms with Gasteiger partial charge >= 0.3 is 6.03 Å². The van der Waals surface area contributed by atoms with Gasteiger partial charge in [-0.15, -0.1) is 0 Å². The normalized spacial score (nSPS) is 10.3. The summed E-state index contributed by atoms with van der Waals surface area (Å²) in [5.74, 6) is 0.794. The van der Waals surface area contributed by atoms with Crippen molar-refractivity contribution in [2.45, 2.75) is 33.2 Å². The summed E-state index contributed by atoms with van der Waals surface area (Å²) in [4.78, 5) is 12.3. The van der Waals surface area contributed by atoms with Crippen molar-refractivity contribution in [3.8, 4) is 5.75 Å². The molecule has 0 saturated heterocycles. The lowest BCUT2D eigenvalue weighted by atomic mass is 10.0. The number of aryl methyl sites for hydroxylation is 1. The minimum atomic E-state index is -0.238. The van der Waals surface area contributed by atoms with Crippen molar-refractivity contribution in [3.05, 3.63) is 58.1 Å². The largest absolute Gasteiger partial charge is 0.497 e. The van der Waals surface area contributed by atoms with Crippen LogP contribution in [-0.2, 0) is 19.4 Å². The average molecular weight is 347 g/mol. The van der Waals surface area contributed by atoms with E-state index < -0.39 is 0 Å². The molecule has 0 saturated carbocycles. The third-order valence-corrected chi connectivity index (χ3v) is 4.28. The number of hydrogen-bond donors (Lipinski definition) is 2. The first-order valence-corrected chi connectivity index (χ1v) is 8.44. The molecule has 0 aliphatic heterocycles. The first kappa shape index (κ1) is 18.1. The number of hydrogen-bond acceptors (Lipinski definition) is 2. The number of amides is 2. The molecule has 0 bridgehead atoms. The van der Waals surface area contributed by atoms with E-state index in [2.05, 4.69) is 17.6 Å². The van der Waals surface area contributed by atoms with Gasteiger partial charge in [-0.2, -0.15) is 0 Å². The summed E-state index contributed by atoms with van der Waals surface area (Å²) in [5, 5.41) is 6.51. The zero-order valence-electron chi connectivity index (χ0n) is 14.3. The molecule has 0 aromatic heterocycles. The second-order valence-electron chi connectivity index (χ2n) is 5.42. The van der Waals surface area contributed by atoms with Crippen LogP contribution in [0.4, 0.5) is 10.5 Å². The van der Waals surface area contributed by atoms with E-state index in [9.17, 15) is 4.79 Å². The number of carbonyl (C=O) groups excluding carboxylic acids is 1. The summed E-state index contributed by atoms with van der Waals surface area (Å²) in [6.07, 6.45) is 1.60. The van der Waals surface area contributed by atoms with Gasteiger partial charge in [0.1, 0.15) is 5.75 Å². The molecule has 4 nitrogen and oxygen atoms in total. The first-order valence-electron chi connectivity index (χ1n) is 8.07. The summed E-state index contributed by atoms with van der Waals surface area (Å²) in [7, 11) is 1.63. The molecule has 128 valence electrons. The lowest BCUT2D eigenvalue weighted by Crippen LogP contribution is -2.29. The van der Waals surface area contributed by atoms with Crippen LogP contribution in [0.25, 0.3) is 0 Å². The molecule has 2 rings (SSSR count). The molecule has 0 heterocycles. The number of carbonyl (C=O) groups is 1. The van der Waals surface area contributed by atoms with Crippen LogP contribution in [0.15, 0.2) is 36.4 Å². The molecule has 2 aromatic carbocycles. The Balaban J connectivity index is 2.05. The van der Waals surface area contributed by atoms with Gasteiger partial charge in [0.25, 0.3) is 0 Å². The van der Waals surface area contributed by atoms with Crippen molar-refractivity contribution in [2.24, 2.45) is 0 Å². The van der Waals surface area contributed by atoms with Gasteiger partial charge < -0.3 is 15.4 Å². The monoisotopic (exact) mass is 346 g/mol. The van der Waals surface area contributed by atoms with Crippen molar-refractivity contribution in [1.82, 2.24) is 5.32 Å². The second kappa shape index (κ2) is 8.60. The minimum absolute atomic E-state index is 0.238. The number of ether oxygens (including phenoxy) is 1. The Morgan fingerprint density at radius 1 is 1.08 bits per heavy atom. The van der Waals surface area contributed by atoms with E-state index >= 15 is 0 Å². The van der Waals surface area contributed by atoms with Crippen LogP contribution in [0.3, 0.4) is 0 Å². The Bertz CT molecular complexity index is 699. The summed E-state index contributed by atoms with van der Waals surface area (Å²) in [6.45, 7) is 4.53. The van der Waals surface area contributed by atoms with Crippen molar-refractivity contribution >= 4 is 23.3 Å². The second-order valence-corrected chi connectivity index (χ2v) is 5.83. The van der Waals surface area contributed by atoms with Gasteiger partial charge in [0, 0.05) is 11.6 Å². The highest BCUT2D eigenvalue weighted by molar-refractivity contribution is 6.31. The standard InChI is InChI=1S/C19H23ClN2O2/c1-4-14-8-11-17(20)16(5-2)18(14)22-19(23)21-12-13-6-9-15(24-3)10-7-13/h6-11H,4-5,12H2,1-3H3,(H2,21,22,23). The molecule has 0 aliphatic carbocycles. The summed E-state index contributed by atoms with van der Waals surface area (Å²) in [5.41, 5.74) is 3.87. The number of rotatable bonds is 6. The fourth-order valence-electron chi connectivity index (χ4n) is 2.55.